The van der Waals surface area contributed by atoms with Crippen LogP contribution in [0.3, 0.4) is 0 Å². The smallest absolute Gasteiger partial charge is 0.119 e. The predicted molar refractivity (Wildman–Crippen MR) is 45.6 cm³/mol. The Morgan fingerprint density at radius 1 is 1.25 bits per heavy atom. The molecular weight excluding hydrogens is 154 g/mol. The van der Waals surface area contributed by atoms with Crippen LogP contribution >= 0.6 is 0 Å². The molecule has 0 aromatic carbocycles. The van der Waals surface area contributed by atoms with Crippen molar-refractivity contribution < 1.29 is 5.11 Å². The van der Waals surface area contributed by atoms with Gasteiger partial charge < -0.3 is 9.67 Å². The van der Waals surface area contributed by atoms with Gasteiger partial charge in [0.05, 0.1) is 12.1 Å². The molecule has 1 aromatic rings. The molecule has 1 rings (SSSR count). The molecular formula is C8H15N3O. The van der Waals surface area contributed by atoms with E-state index in [0.717, 1.165) is 12.8 Å². The summed E-state index contributed by atoms with van der Waals surface area (Å²) in [5.74, 6) is 0. The first kappa shape index (κ1) is 9.19. The Labute approximate surface area is 72.2 Å². The average Bonchev–Trinajstić information content (AvgIpc) is 2.57. The van der Waals surface area contributed by atoms with Crippen molar-refractivity contribution in [3.05, 3.63) is 12.7 Å². The number of rotatable bonds is 4. The normalized spacial score (nSPS) is 11.9. The Hall–Kier alpha value is -0.900. The van der Waals surface area contributed by atoms with E-state index in [9.17, 15) is 5.11 Å². The van der Waals surface area contributed by atoms with Crippen molar-refractivity contribution in [1.82, 2.24) is 14.8 Å². The molecule has 0 aliphatic heterocycles. The minimum Gasteiger partial charge on any atom is -0.388 e. The van der Waals surface area contributed by atoms with Crippen LogP contribution in [0.2, 0.25) is 0 Å². The van der Waals surface area contributed by atoms with E-state index >= 15 is 0 Å². The first-order valence-electron chi connectivity index (χ1n) is 4.25. The number of hydrogen-bond acceptors (Lipinski definition) is 3. The molecule has 0 radical (unpaired) electrons. The highest BCUT2D eigenvalue weighted by Crippen LogP contribution is 2.16. The maximum absolute atomic E-state index is 9.92. The fraction of sp³-hybridized carbons (Fsp3) is 0.750. The van der Waals surface area contributed by atoms with Gasteiger partial charge in [0.2, 0.25) is 0 Å². The Morgan fingerprint density at radius 3 is 2.17 bits per heavy atom. The van der Waals surface area contributed by atoms with Crippen LogP contribution in [0.4, 0.5) is 0 Å². The minimum atomic E-state index is -0.609. The Morgan fingerprint density at radius 2 is 1.75 bits per heavy atom. The van der Waals surface area contributed by atoms with Crippen LogP contribution in [0.15, 0.2) is 12.7 Å². The van der Waals surface area contributed by atoms with E-state index in [-0.39, 0.29) is 0 Å². The molecule has 0 unspecified atom stereocenters. The lowest BCUT2D eigenvalue weighted by molar-refractivity contribution is 0.0150. The molecule has 0 spiro atoms. The lowest BCUT2D eigenvalue weighted by Crippen LogP contribution is -2.32. The van der Waals surface area contributed by atoms with Gasteiger partial charge in [0.15, 0.2) is 0 Å². The first-order valence-corrected chi connectivity index (χ1v) is 4.25. The lowest BCUT2D eigenvalue weighted by atomic mass is 9.98. The SMILES string of the molecule is CCC(O)(CC)Cn1cnnc1. The fourth-order valence-corrected chi connectivity index (χ4v) is 1.12. The number of nitrogens with zero attached hydrogens (tertiary/aromatic N) is 3. The molecule has 0 saturated carbocycles. The zero-order chi connectivity index (χ0) is 9.03. The van der Waals surface area contributed by atoms with Crippen LogP contribution in [0.5, 0.6) is 0 Å². The van der Waals surface area contributed by atoms with Crippen molar-refractivity contribution in [2.24, 2.45) is 0 Å². The summed E-state index contributed by atoms with van der Waals surface area (Å²) in [6.07, 6.45) is 4.75. The molecule has 0 bridgehead atoms. The van der Waals surface area contributed by atoms with Gasteiger partial charge in [-0.05, 0) is 12.8 Å². The summed E-state index contributed by atoms with van der Waals surface area (Å²) in [5.41, 5.74) is -0.609. The number of hydrogen-bond donors (Lipinski definition) is 1. The standard InChI is InChI=1S/C8H15N3O/c1-3-8(12,4-2)5-11-6-9-10-7-11/h6-7,12H,3-5H2,1-2H3. The lowest BCUT2D eigenvalue weighted by Gasteiger charge is -2.24. The summed E-state index contributed by atoms with van der Waals surface area (Å²) >= 11 is 0. The third-order valence-corrected chi connectivity index (χ3v) is 2.26. The Kier molecular flexibility index (Phi) is 2.81. The molecule has 4 heteroatoms. The van der Waals surface area contributed by atoms with Crippen molar-refractivity contribution in [3.63, 3.8) is 0 Å². The fourth-order valence-electron chi connectivity index (χ4n) is 1.12. The van der Waals surface area contributed by atoms with Gasteiger partial charge in [-0.15, -0.1) is 10.2 Å². The van der Waals surface area contributed by atoms with Crippen molar-refractivity contribution in [3.8, 4) is 0 Å². The van der Waals surface area contributed by atoms with Gasteiger partial charge >= 0.3 is 0 Å². The Bertz CT molecular complexity index is 216. The molecule has 1 aromatic heterocycles. The van der Waals surface area contributed by atoms with Crippen LogP contribution in [0.25, 0.3) is 0 Å². The molecule has 68 valence electrons. The van der Waals surface area contributed by atoms with Crippen molar-refractivity contribution >= 4 is 0 Å². The van der Waals surface area contributed by atoms with Gasteiger partial charge in [-0.2, -0.15) is 0 Å². The topological polar surface area (TPSA) is 50.9 Å². The van der Waals surface area contributed by atoms with Gasteiger partial charge in [-0.1, -0.05) is 13.8 Å². The molecule has 0 aliphatic rings. The van der Waals surface area contributed by atoms with E-state index < -0.39 is 5.60 Å². The second-order valence-corrected chi connectivity index (χ2v) is 3.07. The quantitative estimate of drug-likeness (QED) is 0.726. The first-order chi connectivity index (χ1) is 5.70. The third kappa shape index (κ3) is 2.04. The van der Waals surface area contributed by atoms with Crippen LogP contribution in [0, 0.1) is 0 Å². The summed E-state index contributed by atoms with van der Waals surface area (Å²) in [6.45, 7) is 4.54. The monoisotopic (exact) mass is 169 g/mol. The summed E-state index contributed by atoms with van der Waals surface area (Å²) in [6, 6.07) is 0. The van der Waals surface area contributed by atoms with Gasteiger partial charge in [-0.3, -0.25) is 0 Å². The van der Waals surface area contributed by atoms with E-state index in [2.05, 4.69) is 10.2 Å². The molecule has 0 aliphatic carbocycles. The van der Waals surface area contributed by atoms with E-state index in [1.807, 2.05) is 13.8 Å². The minimum absolute atomic E-state index is 0.576. The van der Waals surface area contributed by atoms with Crippen LogP contribution in [-0.4, -0.2) is 25.5 Å². The summed E-state index contributed by atoms with van der Waals surface area (Å²) in [7, 11) is 0. The van der Waals surface area contributed by atoms with Crippen molar-refractivity contribution in [2.45, 2.75) is 38.8 Å². The largest absolute Gasteiger partial charge is 0.388 e. The van der Waals surface area contributed by atoms with Gasteiger partial charge in [0, 0.05) is 0 Å². The van der Waals surface area contributed by atoms with E-state index in [1.54, 1.807) is 17.2 Å². The van der Waals surface area contributed by atoms with Crippen molar-refractivity contribution in [2.75, 3.05) is 0 Å². The third-order valence-electron chi connectivity index (χ3n) is 2.26. The van der Waals surface area contributed by atoms with Crippen LogP contribution < -0.4 is 0 Å². The predicted octanol–water partition coefficient (Wildman–Crippen LogP) is 0.829. The van der Waals surface area contributed by atoms with Crippen LogP contribution in [0.1, 0.15) is 26.7 Å². The average molecular weight is 169 g/mol. The van der Waals surface area contributed by atoms with Gasteiger partial charge in [0.25, 0.3) is 0 Å². The molecule has 0 saturated heterocycles. The summed E-state index contributed by atoms with van der Waals surface area (Å²) in [5, 5.41) is 17.3. The van der Waals surface area contributed by atoms with E-state index in [0.29, 0.717) is 6.54 Å². The van der Waals surface area contributed by atoms with E-state index in [1.165, 1.54) is 0 Å². The summed E-state index contributed by atoms with van der Waals surface area (Å²) in [4.78, 5) is 0. The maximum Gasteiger partial charge on any atom is 0.119 e. The maximum atomic E-state index is 9.92. The highest BCUT2D eigenvalue weighted by molar-refractivity contribution is 4.77. The van der Waals surface area contributed by atoms with Gasteiger partial charge in [-0.25, -0.2) is 0 Å². The van der Waals surface area contributed by atoms with Crippen molar-refractivity contribution in [1.29, 1.82) is 0 Å². The molecule has 1 N–H and O–H groups in total. The molecule has 12 heavy (non-hydrogen) atoms. The molecule has 4 nitrogen and oxygen atoms in total. The zero-order valence-corrected chi connectivity index (χ0v) is 7.56. The number of aromatic nitrogens is 3. The van der Waals surface area contributed by atoms with Gasteiger partial charge in [0.1, 0.15) is 12.7 Å². The second-order valence-electron chi connectivity index (χ2n) is 3.07. The number of aliphatic hydroxyl groups is 1. The summed E-state index contributed by atoms with van der Waals surface area (Å²) < 4.78 is 1.80. The second kappa shape index (κ2) is 3.67. The molecule has 0 fully saturated rings. The molecule has 0 amide bonds. The Balaban J connectivity index is 2.60. The van der Waals surface area contributed by atoms with E-state index in [4.69, 9.17) is 0 Å². The highest BCUT2D eigenvalue weighted by Gasteiger charge is 2.22. The zero-order valence-electron chi connectivity index (χ0n) is 7.56. The molecule has 1 heterocycles. The highest BCUT2D eigenvalue weighted by atomic mass is 16.3. The molecule has 0 atom stereocenters. The van der Waals surface area contributed by atoms with Crippen LogP contribution in [-0.2, 0) is 6.54 Å².